The van der Waals surface area contributed by atoms with Crippen molar-refractivity contribution in [2.24, 2.45) is 5.92 Å². The van der Waals surface area contributed by atoms with Crippen molar-refractivity contribution in [2.75, 3.05) is 25.0 Å². The summed E-state index contributed by atoms with van der Waals surface area (Å²) in [5.74, 6) is -0.866. The molecule has 1 aromatic carbocycles. The van der Waals surface area contributed by atoms with E-state index in [4.69, 9.17) is 10.4 Å². The molecule has 1 aromatic rings. The highest BCUT2D eigenvalue weighted by Gasteiger charge is 2.29. The number of likely N-dealkylation sites (tertiary alicyclic amines) is 1. The van der Waals surface area contributed by atoms with Crippen LogP contribution in [-0.4, -0.2) is 41.5 Å². The molecule has 1 amide bonds. The molecule has 0 spiro atoms. The maximum atomic E-state index is 11.8. The zero-order valence-electron chi connectivity index (χ0n) is 10.9. The number of hydrogen-bond acceptors (Lipinski definition) is 4. The predicted octanol–water partition coefficient (Wildman–Crippen LogP) is 0.903. The number of carboxylic acid groups (broad SMARTS) is 1. The SMILES string of the molecule is N#Cc1ccccc1NC(=O)CN1CC(CC(=O)O)C1. The molecule has 1 fully saturated rings. The van der Waals surface area contributed by atoms with E-state index in [9.17, 15) is 9.59 Å². The molecule has 0 unspecified atom stereocenters. The molecular weight excluding hydrogens is 258 g/mol. The fourth-order valence-electron chi connectivity index (χ4n) is 2.26. The highest BCUT2D eigenvalue weighted by atomic mass is 16.4. The van der Waals surface area contributed by atoms with Crippen molar-refractivity contribution in [3.8, 4) is 6.07 Å². The number of para-hydroxylation sites is 1. The highest BCUT2D eigenvalue weighted by molar-refractivity contribution is 5.93. The molecule has 0 saturated carbocycles. The normalized spacial score (nSPS) is 15.2. The standard InChI is InChI=1S/C14H15N3O3/c15-6-11-3-1-2-4-12(11)16-13(18)9-17-7-10(8-17)5-14(19)20/h1-4,10H,5,7-9H2,(H,16,18)(H,19,20). The van der Waals surface area contributed by atoms with Crippen LogP contribution in [0.15, 0.2) is 24.3 Å². The smallest absolute Gasteiger partial charge is 0.303 e. The molecule has 0 radical (unpaired) electrons. The van der Waals surface area contributed by atoms with Gasteiger partial charge in [0.25, 0.3) is 0 Å². The topological polar surface area (TPSA) is 93.4 Å². The third kappa shape index (κ3) is 3.56. The van der Waals surface area contributed by atoms with Crippen molar-refractivity contribution in [3.63, 3.8) is 0 Å². The second kappa shape index (κ2) is 6.17. The van der Waals surface area contributed by atoms with Crippen molar-refractivity contribution < 1.29 is 14.7 Å². The van der Waals surface area contributed by atoms with Crippen LogP contribution in [0.4, 0.5) is 5.69 Å². The third-order valence-corrected chi connectivity index (χ3v) is 3.18. The monoisotopic (exact) mass is 273 g/mol. The molecule has 1 saturated heterocycles. The van der Waals surface area contributed by atoms with E-state index in [0.717, 1.165) is 0 Å². The van der Waals surface area contributed by atoms with Crippen LogP contribution in [0.1, 0.15) is 12.0 Å². The molecule has 20 heavy (non-hydrogen) atoms. The second-order valence-corrected chi connectivity index (χ2v) is 4.86. The maximum Gasteiger partial charge on any atom is 0.303 e. The summed E-state index contributed by atoms with van der Waals surface area (Å²) >= 11 is 0. The van der Waals surface area contributed by atoms with E-state index in [-0.39, 0.29) is 24.8 Å². The van der Waals surface area contributed by atoms with Gasteiger partial charge in [0, 0.05) is 13.1 Å². The van der Waals surface area contributed by atoms with Crippen LogP contribution in [0.25, 0.3) is 0 Å². The number of benzene rings is 1. The largest absolute Gasteiger partial charge is 0.481 e. The fourth-order valence-corrected chi connectivity index (χ4v) is 2.26. The number of hydrogen-bond donors (Lipinski definition) is 2. The Kier molecular flexibility index (Phi) is 4.33. The van der Waals surface area contributed by atoms with Crippen LogP contribution < -0.4 is 5.32 Å². The lowest BCUT2D eigenvalue weighted by Gasteiger charge is -2.37. The van der Waals surface area contributed by atoms with Gasteiger partial charge in [0.15, 0.2) is 0 Å². The summed E-state index contributed by atoms with van der Waals surface area (Å²) in [7, 11) is 0. The summed E-state index contributed by atoms with van der Waals surface area (Å²) in [6.45, 7) is 1.47. The quantitative estimate of drug-likeness (QED) is 0.831. The number of aliphatic carboxylic acids is 1. The number of nitrogens with zero attached hydrogens (tertiary/aromatic N) is 2. The third-order valence-electron chi connectivity index (χ3n) is 3.18. The summed E-state index contributed by atoms with van der Waals surface area (Å²) in [5, 5.41) is 20.3. The molecule has 6 nitrogen and oxygen atoms in total. The molecule has 6 heteroatoms. The molecule has 1 aliphatic rings. The van der Waals surface area contributed by atoms with Gasteiger partial charge in [-0.3, -0.25) is 14.5 Å². The minimum absolute atomic E-state index is 0.131. The number of carbonyl (C=O) groups is 2. The van der Waals surface area contributed by atoms with Crippen LogP contribution in [0.5, 0.6) is 0 Å². The predicted molar refractivity (Wildman–Crippen MR) is 72.0 cm³/mol. The van der Waals surface area contributed by atoms with Gasteiger partial charge in [-0.05, 0) is 18.1 Å². The molecule has 0 bridgehead atoms. The Morgan fingerprint density at radius 1 is 1.40 bits per heavy atom. The van der Waals surface area contributed by atoms with Gasteiger partial charge in [-0.1, -0.05) is 12.1 Å². The minimum atomic E-state index is -0.804. The molecule has 2 rings (SSSR count). The van der Waals surface area contributed by atoms with E-state index in [0.29, 0.717) is 24.3 Å². The minimum Gasteiger partial charge on any atom is -0.481 e. The van der Waals surface area contributed by atoms with Crippen LogP contribution in [-0.2, 0) is 9.59 Å². The first kappa shape index (κ1) is 14.0. The maximum absolute atomic E-state index is 11.8. The Labute approximate surface area is 116 Å². The van der Waals surface area contributed by atoms with E-state index >= 15 is 0 Å². The van der Waals surface area contributed by atoms with E-state index in [1.165, 1.54) is 0 Å². The Bertz CT molecular complexity index is 559. The number of carboxylic acids is 1. The highest BCUT2D eigenvalue weighted by Crippen LogP contribution is 2.19. The zero-order valence-corrected chi connectivity index (χ0v) is 10.9. The molecule has 1 aliphatic heterocycles. The van der Waals surface area contributed by atoms with E-state index in [2.05, 4.69) is 5.32 Å². The van der Waals surface area contributed by atoms with Crippen LogP contribution in [0.2, 0.25) is 0 Å². The Balaban J connectivity index is 1.80. The van der Waals surface area contributed by atoms with Gasteiger partial charge < -0.3 is 10.4 Å². The number of amides is 1. The molecule has 104 valence electrons. The summed E-state index contributed by atoms with van der Waals surface area (Å²) < 4.78 is 0. The lowest BCUT2D eigenvalue weighted by molar-refractivity contribution is -0.139. The van der Waals surface area contributed by atoms with Crippen LogP contribution in [0, 0.1) is 17.2 Å². The van der Waals surface area contributed by atoms with Crippen molar-refractivity contribution in [3.05, 3.63) is 29.8 Å². The lowest BCUT2D eigenvalue weighted by atomic mass is 9.96. The van der Waals surface area contributed by atoms with Gasteiger partial charge in [-0.25, -0.2) is 0 Å². The van der Waals surface area contributed by atoms with Gasteiger partial charge in [0.2, 0.25) is 5.91 Å². The molecular formula is C14H15N3O3. The number of carbonyl (C=O) groups excluding carboxylic acids is 1. The molecule has 2 N–H and O–H groups in total. The number of rotatable bonds is 5. The van der Waals surface area contributed by atoms with Crippen molar-refractivity contribution in [2.45, 2.75) is 6.42 Å². The van der Waals surface area contributed by atoms with Gasteiger partial charge in [0.1, 0.15) is 6.07 Å². The van der Waals surface area contributed by atoms with Crippen molar-refractivity contribution in [1.29, 1.82) is 5.26 Å². The van der Waals surface area contributed by atoms with E-state index < -0.39 is 5.97 Å². The number of nitrogens with one attached hydrogen (secondary N) is 1. The summed E-state index contributed by atoms with van der Waals surface area (Å²) in [4.78, 5) is 24.2. The van der Waals surface area contributed by atoms with Gasteiger partial charge >= 0.3 is 5.97 Å². The van der Waals surface area contributed by atoms with E-state index in [1.807, 2.05) is 11.0 Å². The fraction of sp³-hybridized carbons (Fsp3) is 0.357. The number of anilines is 1. The van der Waals surface area contributed by atoms with Crippen molar-refractivity contribution >= 4 is 17.6 Å². The average molecular weight is 273 g/mol. The van der Waals surface area contributed by atoms with Crippen LogP contribution >= 0.6 is 0 Å². The Hall–Kier alpha value is -2.39. The first-order valence-electron chi connectivity index (χ1n) is 6.31. The molecule has 1 heterocycles. The van der Waals surface area contributed by atoms with Gasteiger partial charge in [-0.2, -0.15) is 5.26 Å². The molecule has 0 aromatic heterocycles. The lowest BCUT2D eigenvalue weighted by Crippen LogP contribution is -2.50. The first-order valence-corrected chi connectivity index (χ1v) is 6.31. The van der Waals surface area contributed by atoms with Crippen LogP contribution in [0.3, 0.4) is 0 Å². The summed E-state index contributed by atoms with van der Waals surface area (Å²) in [6.07, 6.45) is 0.148. The first-order chi connectivity index (χ1) is 9.58. The van der Waals surface area contributed by atoms with E-state index in [1.54, 1.807) is 24.3 Å². The van der Waals surface area contributed by atoms with Gasteiger partial charge in [-0.15, -0.1) is 0 Å². The molecule has 0 aliphatic carbocycles. The van der Waals surface area contributed by atoms with Crippen molar-refractivity contribution in [1.82, 2.24) is 4.90 Å². The second-order valence-electron chi connectivity index (χ2n) is 4.86. The summed E-state index contributed by atoms with van der Waals surface area (Å²) in [6, 6.07) is 8.83. The molecule has 0 atom stereocenters. The average Bonchev–Trinajstić information content (AvgIpc) is 2.36. The Morgan fingerprint density at radius 3 is 2.75 bits per heavy atom. The summed E-state index contributed by atoms with van der Waals surface area (Å²) in [5.41, 5.74) is 0.927. The Morgan fingerprint density at radius 2 is 2.10 bits per heavy atom. The zero-order chi connectivity index (χ0) is 14.5. The van der Waals surface area contributed by atoms with Gasteiger partial charge in [0.05, 0.1) is 24.2 Å². The number of nitriles is 1.